The van der Waals surface area contributed by atoms with E-state index in [4.69, 9.17) is 33.0 Å². The van der Waals surface area contributed by atoms with E-state index < -0.39 is 5.97 Å². The number of carboxylic acids is 1. The third-order valence-electron chi connectivity index (χ3n) is 3.29. The first-order valence-corrected chi connectivity index (χ1v) is 7.75. The zero-order valence-corrected chi connectivity index (χ0v) is 14.5. The highest BCUT2D eigenvalue weighted by Gasteiger charge is 2.12. The maximum absolute atomic E-state index is 12.0. The summed E-state index contributed by atoms with van der Waals surface area (Å²) in [5.41, 5.74) is 2.05. The second-order valence-electron chi connectivity index (χ2n) is 5.21. The molecule has 0 unspecified atom stereocenters. The van der Waals surface area contributed by atoms with Gasteiger partial charge in [-0.05, 0) is 55.3 Å². The van der Waals surface area contributed by atoms with Crippen molar-refractivity contribution >= 4 is 40.8 Å². The molecular weight excluding hydrogens is 353 g/mol. The monoisotopic (exact) mass is 367 g/mol. The standard InChI is InChI=1S/C17H15Cl2NO4/c1-9-5-11(17(22)23)3-4-14(9)20-15(21)8-24-16-10(2)6-12(18)7-13(16)19/h3-7H,8H2,1-2H3,(H,20,21)(H,22,23). The van der Waals surface area contributed by atoms with Crippen LogP contribution in [0.25, 0.3) is 0 Å². The topological polar surface area (TPSA) is 75.6 Å². The Morgan fingerprint density at radius 2 is 1.83 bits per heavy atom. The number of anilines is 1. The quantitative estimate of drug-likeness (QED) is 0.824. The van der Waals surface area contributed by atoms with Gasteiger partial charge in [-0.3, -0.25) is 4.79 Å². The van der Waals surface area contributed by atoms with Crippen LogP contribution in [-0.2, 0) is 4.79 Å². The molecule has 0 atom stereocenters. The highest BCUT2D eigenvalue weighted by Crippen LogP contribution is 2.31. The van der Waals surface area contributed by atoms with E-state index in [-0.39, 0.29) is 18.1 Å². The number of carboxylic acid groups (broad SMARTS) is 1. The number of aromatic carboxylic acids is 1. The molecule has 5 nitrogen and oxygen atoms in total. The van der Waals surface area contributed by atoms with Crippen LogP contribution < -0.4 is 10.1 Å². The minimum Gasteiger partial charge on any atom is -0.482 e. The highest BCUT2D eigenvalue weighted by molar-refractivity contribution is 6.35. The van der Waals surface area contributed by atoms with Crippen LogP contribution in [0.15, 0.2) is 30.3 Å². The average molecular weight is 368 g/mol. The van der Waals surface area contributed by atoms with Crippen molar-refractivity contribution in [3.8, 4) is 5.75 Å². The molecule has 0 bridgehead atoms. The number of nitrogens with one attached hydrogen (secondary N) is 1. The molecule has 0 heterocycles. The van der Waals surface area contributed by atoms with Crippen molar-refractivity contribution in [3.05, 3.63) is 57.1 Å². The van der Waals surface area contributed by atoms with E-state index in [2.05, 4.69) is 5.32 Å². The van der Waals surface area contributed by atoms with Crippen molar-refractivity contribution in [2.45, 2.75) is 13.8 Å². The number of amides is 1. The Morgan fingerprint density at radius 1 is 1.12 bits per heavy atom. The molecule has 2 aromatic carbocycles. The Kier molecular flexibility index (Phi) is 5.70. The third-order valence-corrected chi connectivity index (χ3v) is 3.79. The van der Waals surface area contributed by atoms with Gasteiger partial charge in [0.2, 0.25) is 0 Å². The lowest BCUT2D eigenvalue weighted by Gasteiger charge is -2.13. The van der Waals surface area contributed by atoms with E-state index in [0.29, 0.717) is 27.0 Å². The fraction of sp³-hybridized carbons (Fsp3) is 0.176. The molecule has 0 fully saturated rings. The molecular formula is C17H15Cl2NO4. The fourth-order valence-electron chi connectivity index (χ4n) is 2.13. The predicted molar refractivity (Wildman–Crippen MR) is 93.5 cm³/mol. The van der Waals surface area contributed by atoms with Crippen LogP contribution in [0.2, 0.25) is 10.0 Å². The van der Waals surface area contributed by atoms with Crippen LogP contribution in [0.5, 0.6) is 5.75 Å². The molecule has 2 rings (SSSR count). The second kappa shape index (κ2) is 7.55. The summed E-state index contributed by atoms with van der Waals surface area (Å²) < 4.78 is 5.46. The lowest BCUT2D eigenvalue weighted by molar-refractivity contribution is -0.118. The number of aryl methyl sites for hydroxylation is 2. The lowest BCUT2D eigenvalue weighted by atomic mass is 10.1. The van der Waals surface area contributed by atoms with Crippen LogP contribution in [0.4, 0.5) is 5.69 Å². The van der Waals surface area contributed by atoms with Crippen LogP contribution in [0.1, 0.15) is 21.5 Å². The number of ether oxygens (including phenoxy) is 1. The highest BCUT2D eigenvalue weighted by atomic mass is 35.5. The largest absolute Gasteiger partial charge is 0.482 e. The predicted octanol–water partition coefficient (Wildman–Crippen LogP) is 4.33. The summed E-state index contributed by atoms with van der Waals surface area (Å²) in [6, 6.07) is 7.68. The number of hydrogen-bond donors (Lipinski definition) is 2. The molecule has 1 amide bonds. The van der Waals surface area contributed by atoms with Crippen LogP contribution in [-0.4, -0.2) is 23.6 Å². The van der Waals surface area contributed by atoms with Crippen molar-refractivity contribution in [3.63, 3.8) is 0 Å². The summed E-state index contributed by atoms with van der Waals surface area (Å²) in [6.07, 6.45) is 0. The molecule has 0 aliphatic rings. The van der Waals surface area contributed by atoms with Gasteiger partial charge in [0.05, 0.1) is 10.6 Å². The van der Waals surface area contributed by atoms with E-state index in [1.807, 2.05) is 0 Å². The van der Waals surface area contributed by atoms with E-state index >= 15 is 0 Å². The summed E-state index contributed by atoms with van der Waals surface area (Å²) in [4.78, 5) is 22.9. The minimum absolute atomic E-state index is 0.158. The van der Waals surface area contributed by atoms with Gasteiger partial charge >= 0.3 is 5.97 Å². The number of hydrogen-bond acceptors (Lipinski definition) is 3. The van der Waals surface area contributed by atoms with Gasteiger partial charge in [0, 0.05) is 10.7 Å². The normalized spacial score (nSPS) is 10.3. The zero-order chi connectivity index (χ0) is 17.9. The summed E-state index contributed by atoms with van der Waals surface area (Å²) in [5.74, 6) is -1.01. The lowest BCUT2D eigenvalue weighted by Crippen LogP contribution is -2.21. The van der Waals surface area contributed by atoms with Gasteiger partial charge in [-0.1, -0.05) is 23.2 Å². The Hall–Kier alpha value is -2.24. The third kappa shape index (κ3) is 4.40. The molecule has 0 saturated heterocycles. The van der Waals surface area contributed by atoms with Crippen molar-refractivity contribution < 1.29 is 19.4 Å². The molecule has 0 aliphatic carbocycles. The number of benzene rings is 2. The van der Waals surface area contributed by atoms with Gasteiger partial charge < -0.3 is 15.2 Å². The summed E-state index contributed by atoms with van der Waals surface area (Å²) in [7, 11) is 0. The van der Waals surface area contributed by atoms with Crippen molar-refractivity contribution in [2.24, 2.45) is 0 Å². The minimum atomic E-state index is -1.02. The van der Waals surface area contributed by atoms with Gasteiger partial charge in [-0.2, -0.15) is 0 Å². The number of rotatable bonds is 5. The van der Waals surface area contributed by atoms with Gasteiger partial charge in [0.25, 0.3) is 5.91 Å². The number of carbonyl (C=O) groups excluding carboxylic acids is 1. The SMILES string of the molecule is Cc1cc(C(=O)O)ccc1NC(=O)COc1c(C)cc(Cl)cc1Cl. The van der Waals surface area contributed by atoms with E-state index in [9.17, 15) is 9.59 Å². The first-order chi connectivity index (χ1) is 11.3. The zero-order valence-electron chi connectivity index (χ0n) is 13.0. The van der Waals surface area contributed by atoms with Crippen LogP contribution in [0, 0.1) is 13.8 Å². The molecule has 0 radical (unpaired) electrons. The van der Waals surface area contributed by atoms with E-state index in [1.165, 1.54) is 24.3 Å². The number of carbonyl (C=O) groups is 2. The molecule has 0 aliphatic heterocycles. The maximum Gasteiger partial charge on any atom is 0.335 e. The first kappa shape index (κ1) is 18.1. The molecule has 126 valence electrons. The Morgan fingerprint density at radius 3 is 2.42 bits per heavy atom. The summed E-state index contributed by atoms with van der Waals surface area (Å²) in [5, 5.41) is 12.4. The molecule has 2 N–H and O–H groups in total. The summed E-state index contributed by atoms with van der Waals surface area (Å²) >= 11 is 11.9. The van der Waals surface area contributed by atoms with Gasteiger partial charge in [-0.25, -0.2) is 4.79 Å². The molecule has 7 heteroatoms. The average Bonchev–Trinajstić information content (AvgIpc) is 2.48. The van der Waals surface area contributed by atoms with Gasteiger partial charge in [0.15, 0.2) is 6.61 Å². The smallest absolute Gasteiger partial charge is 0.335 e. The Bertz CT molecular complexity index is 782. The van der Waals surface area contributed by atoms with Crippen LogP contribution >= 0.6 is 23.2 Å². The summed E-state index contributed by atoms with van der Waals surface area (Å²) in [6.45, 7) is 3.26. The Labute approximate surface area is 149 Å². The first-order valence-electron chi connectivity index (χ1n) is 7.00. The molecule has 0 saturated carbocycles. The van der Waals surface area contributed by atoms with Gasteiger partial charge in [0.1, 0.15) is 5.75 Å². The maximum atomic E-state index is 12.0. The van der Waals surface area contributed by atoms with Crippen LogP contribution in [0.3, 0.4) is 0 Å². The van der Waals surface area contributed by atoms with E-state index in [0.717, 1.165) is 5.56 Å². The second-order valence-corrected chi connectivity index (χ2v) is 6.05. The number of halogens is 2. The van der Waals surface area contributed by atoms with Crippen molar-refractivity contribution in [2.75, 3.05) is 11.9 Å². The molecule has 24 heavy (non-hydrogen) atoms. The molecule has 0 spiro atoms. The fourth-order valence-corrected chi connectivity index (χ4v) is 2.78. The van der Waals surface area contributed by atoms with Crippen molar-refractivity contribution in [1.82, 2.24) is 0 Å². The molecule has 0 aromatic heterocycles. The van der Waals surface area contributed by atoms with Gasteiger partial charge in [-0.15, -0.1) is 0 Å². The van der Waals surface area contributed by atoms with Crippen molar-refractivity contribution in [1.29, 1.82) is 0 Å². The Balaban J connectivity index is 2.03. The molecule has 2 aromatic rings. The van der Waals surface area contributed by atoms with E-state index in [1.54, 1.807) is 19.9 Å².